The lowest BCUT2D eigenvalue weighted by molar-refractivity contribution is -0.142. The number of rotatable bonds is 13. The molecule has 174 valence electrons. The molecule has 11 heteroatoms. The van der Waals surface area contributed by atoms with Gasteiger partial charge in [0.15, 0.2) is 0 Å². The van der Waals surface area contributed by atoms with Crippen LogP contribution >= 0.6 is 0 Å². The fraction of sp³-hybridized carbons (Fsp3) is 0.429. The van der Waals surface area contributed by atoms with Gasteiger partial charge < -0.3 is 37.3 Å². The van der Waals surface area contributed by atoms with Gasteiger partial charge in [-0.2, -0.15) is 0 Å². The number of aliphatic carboxylic acids is 1. The van der Waals surface area contributed by atoms with E-state index in [1.54, 1.807) is 18.3 Å². The van der Waals surface area contributed by atoms with Gasteiger partial charge in [-0.15, -0.1) is 0 Å². The quantitative estimate of drug-likeness (QED) is 0.198. The van der Waals surface area contributed by atoms with E-state index in [0.29, 0.717) is 30.6 Å². The summed E-state index contributed by atoms with van der Waals surface area (Å²) < 4.78 is 0. The number of nitrogens with zero attached hydrogens (tertiary/aromatic N) is 1. The summed E-state index contributed by atoms with van der Waals surface area (Å²) in [5.41, 5.74) is 12.8. The highest BCUT2D eigenvalue weighted by molar-refractivity contribution is 5.92. The number of hydrogen-bond donors (Lipinski definition) is 7. The molecule has 11 nitrogen and oxygen atoms in total. The van der Waals surface area contributed by atoms with Gasteiger partial charge in [-0.25, -0.2) is 9.78 Å². The summed E-state index contributed by atoms with van der Waals surface area (Å²) in [6.45, 7) is 0.425. The van der Waals surface area contributed by atoms with E-state index in [9.17, 15) is 24.6 Å². The van der Waals surface area contributed by atoms with Crippen LogP contribution in [0, 0.1) is 0 Å². The topological polar surface area (TPSA) is 196 Å². The molecule has 1 aromatic carbocycles. The maximum absolute atomic E-state index is 12.9. The van der Waals surface area contributed by atoms with Crippen LogP contribution in [-0.2, 0) is 27.2 Å². The molecule has 2 rings (SSSR count). The highest BCUT2D eigenvalue weighted by atomic mass is 16.4. The number of hydrogen-bond acceptors (Lipinski definition) is 7. The van der Waals surface area contributed by atoms with Crippen LogP contribution < -0.4 is 22.1 Å². The summed E-state index contributed by atoms with van der Waals surface area (Å²) in [6, 6.07) is 3.05. The van der Waals surface area contributed by atoms with Crippen molar-refractivity contribution in [1.82, 2.24) is 20.6 Å². The van der Waals surface area contributed by atoms with Crippen molar-refractivity contribution in [2.45, 2.75) is 50.2 Å². The van der Waals surface area contributed by atoms with Crippen molar-refractivity contribution in [1.29, 1.82) is 0 Å². The van der Waals surface area contributed by atoms with E-state index in [-0.39, 0.29) is 25.0 Å². The molecule has 1 heterocycles. The Labute approximate surface area is 185 Å². The highest BCUT2D eigenvalue weighted by Gasteiger charge is 2.28. The second-order valence-corrected chi connectivity index (χ2v) is 7.50. The maximum Gasteiger partial charge on any atom is 0.326 e. The molecule has 1 aromatic heterocycles. The lowest BCUT2D eigenvalue weighted by atomic mass is 10.0. The first-order valence-corrected chi connectivity index (χ1v) is 10.3. The summed E-state index contributed by atoms with van der Waals surface area (Å²) in [6.07, 6.45) is 4.69. The van der Waals surface area contributed by atoms with Crippen LogP contribution in [0.15, 0.2) is 36.8 Å². The van der Waals surface area contributed by atoms with Crippen LogP contribution in [-0.4, -0.2) is 62.6 Å². The molecule has 0 bridgehead atoms. The van der Waals surface area contributed by atoms with E-state index < -0.39 is 35.9 Å². The Balaban J connectivity index is 2.11. The number of benzene rings is 1. The Hall–Kier alpha value is -3.44. The van der Waals surface area contributed by atoms with Gasteiger partial charge >= 0.3 is 5.97 Å². The van der Waals surface area contributed by atoms with Gasteiger partial charge in [0.25, 0.3) is 0 Å². The number of nitrogens with two attached hydrogens (primary N) is 2. The van der Waals surface area contributed by atoms with E-state index in [4.69, 9.17) is 11.5 Å². The number of carbonyl (C=O) groups excluding carboxylic acids is 2. The number of H-pyrrole nitrogens is 1. The number of phenolic OH excluding ortho intramolecular Hbond substituents is 1. The van der Waals surface area contributed by atoms with Gasteiger partial charge in [-0.05, 0) is 43.5 Å². The highest BCUT2D eigenvalue weighted by Crippen LogP contribution is 2.12. The third kappa shape index (κ3) is 8.00. The van der Waals surface area contributed by atoms with Gasteiger partial charge in [-0.1, -0.05) is 12.1 Å². The molecule has 0 aliphatic rings. The molecule has 0 saturated heterocycles. The largest absolute Gasteiger partial charge is 0.508 e. The van der Waals surface area contributed by atoms with Crippen molar-refractivity contribution >= 4 is 17.8 Å². The van der Waals surface area contributed by atoms with E-state index in [1.165, 1.54) is 18.5 Å². The smallest absolute Gasteiger partial charge is 0.326 e. The summed E-state index contributed by atoms with van der Waals surface area (Å²) >= 11 is 0. The first kappa shape index (κ1) is 24.8. The molecule has 9 N–H and O–H groups in total. The normalized spacial score (nSPS) is 13.7. The summed E-state index contributed by atoms with van der Waals surface area (Å²) in [5.74, 6) is -2.30. The molecule has 2 amide bonds. The maximum atomic E-state index is 12.9. The van der Waals surface area contributed by atoms with E-state index in [0.717, 1.165) is 0 Å². The molecule has 0 aliphatic carbocycles. The summed E-state index contributed by atoms with van der Waals surface area (Å²) in [4.78, 5) is 43.9. The Bertz CT molecular complexity index is 871. The minimum absolute atomic E-state index is 0.0613. The fourth-order valence-electron chi connectivity index (χ4n) is 3.10. The minimum Gasteiger partial charge on any atom is -0.508 e. The number of unbranched alkanes of at least 4 members (excludes halogenated alkanes) is 1. The molecular weight excluding hydrogens is 416 g/mol. The van der Waals surface area contributed by atoms with Crippen LogP contribution in [0.25, 0.3) is 0 Å². The lowest BCUT2D eigenvalue weighted by Crippen LogP contribution is -2.55. The first-order valence-electron chi connectivity index (χ1n) is 10.3. The number of carbonyl (C=O) groups is 3. The average molecular weight is 447 g/mol. The zero-order valence-electron chi connectivity index (χ0n) is 17.7. The number of aromatic amines is 1. The molecule has 0 unspecified atom stereocenters. The van der Waals surface area contributed by atoms with Crippen LogP contribution in [0.4, 0.5) is 0 Å². The SMILES string of the molecule is NCCCC[C@H](NC(=O)[C@H](Cc1ccc(O)cc1)NC(=O)[C@@H](N)Cc1cnc[nH]1)C(=O)O. The zero-order chi connectivity index (χ0) is 23.5. The average Bonchev–Trinajstić information content (AvgIpc) is 3.26. The number of aromatic hydroxyl groups is 1. The van der Waals surface area contributed by atoms with Crippen molar-refractivity contribution in [3.63, 3.8) is 0 Å². The monoisotopic (exact) mass is 446 g/mol. The van der Waals surface area contributed by atoms with Crippen molar-refractivity contribution in [3.8, 4) is 5.75 Å². The van der Waals surface area contributed by atoms with Crippen LogP contribution in [0.5, 0.6) is 5.75 Å². The van der Waals surface area contributed by atoms with Gasteiger partial charge in [-0.3, -0.25) is 9.59 Å². The van der Waals surface area contributed by atoms with Gasteiger partial charge in [0, 0.05) is 24.7 Å². The number of amides is 2. The molecule has 0 aliphatic heterocycles. The first-order chi connectivity index (χ1) is 15.3. The molecule has 0 spiro atoms. The molecule has 32 heavy (non-hydrogen) atoms. The van der Waals surface area contributed by atoms with Gasteiger partial charge in [0.2, 0.25) is 11.8 Å². The zero-order valence-corrected chi connectivity index (χ0v) is 17.7. The van der Waals surface area contributed by atoms with Crippen molar-refractivity contribution in [2.24, 2.45) is 11.5 Å². The summed E-state index contributed by atoms with van der Waals surface area (Å²) in [7, 11) is 0. The predicted octanol–water partition coefficient (Wildman–Crippen LogP) is -0.589. The van der Waals surface area contributed by atoms with Crippen molar-refractivity contribution in [2.75, 3.05) is 6.54 Å². The molecule has 0 fully saturated rings. The second-order valence-electron chi connectivity index (χ2n) is 7.50. The fourth-order valence-corrected chi connectivity index (χ4v) is 3.10. The van der Waals surface area contributed by atoms with Crippen molar-refractivity contribution in [3.05, 3.63) is 48.0 Å². The number of carboxylic acid groups (broad SMARTS) is 1. The van der Waals surface area contributed by atoms with E-state index in [2.05, 4.69) is 20.6 Å². The van der Waals surface area contributed by atoms with Gasteiger partial charge in [0.1, 0.15) is 17.8 Å². The molecule has 0 saturated carbocycles. The Morgan fingerprint density at radius 2 is 1.72 bits per heavy atom. The second kappa shape index (κ2) is 12.4. The predicted molar refractivity (Wildman–Crippen MR) is 116 cm³/mol. The van der Waals surface area contributed by atoms with E-state index >= 15 is 0 Å². The number of phenols is 1. The lowest BCUT2D eigenvalue weighted by Gasteiger charge is -2.23. The number of imidazole rings is 1. The number of carboxylic acids is 1. The minimum atomic E-state index is -1.17. The molecule has 2 aromatic rings. The third-order valence-corrected chi connectivity index (χ3v) is 4.90. The van der Waals surface area contributed by atoms with Crippen molar-refractivity contribution < 1.29 is 24.6 Å². The molecular formula is C21H30N6O5. The van der Waals surface area contributed by atoms with E-state index in [1.807, 2.05) is 0 Å². The van der Waals surface area contributed by atoms with Crippen LogP contribution in [0.2, 0.25) is 0 Å². The number of aromatic nitrogens is 2. The van der Waals surface area contributed by atoms with Crippen LogP contribution in [0.1, 0.15) is 30.5 Å². The molecule has 3 atom stereocenters. The Kier molecular flexibility index (Phi) is 9.64. The van der Waals surface area contributed by atoms with Gasteiger partial charge in [0.05, 0.1) is 12.4 Å². The third-order valence-electron chi connectivity index (χ3n) is 4.90. The molecule has 0 radical (unpaired) electrons. The standard InChI is InChI=1S/C21H30N6O5/c22-8-2-1-3-17(21(31)32)26-20(30)18(9-13-4-6-15(28)7-5-13)27-19(29)16(23)10-14-11-24-12-25-14/h4-7,11-12,16-18,28H,1-3,8-10,22-23H2,(H,24,25)(H,26,30)(H,27,29)(H,31,32)/t16-,17-,18-/m0/s1. The van der Waals surface area contributed by atoms with Crippen LogP contribution in [0.3, 0.4) is 0 Å². The Morgan fingerprint density at radius 1 is 1.03 bits per heavy atom. The number of nitrogens with one attached hydrogen (secondary N) is 3. The Morgan fingerprint density at radius 3 is 2.31 bits per heavy atom. The summed E-state index contributed by atoms with van der Waals surface area (Å²) in [5, 5.41) is 24.0.